The van der Waals surface area contributed by atoms with Crippen LogP contribution in [0.5, 0.6) is 0 Å². The van der Waals surface area contributed by atoms with Crippen molar-refractivity contribution in [2.24, 2.45) is 0 Å². The molecule has 12 heavy (non-hydrogen) atoms. The van der Waals surface area contributed by atoms with Crippen LogP contribution in [-0.2, 0) is 9.84 Å². The van der Waals surface area contributed by atoms with Crippen LogP contribution in [0, 0.1) is 0 Å². The van der Waals surface area contributed by atoms with Crippen molar-refractivity contribution >= 4 is 9.84 Å². The van der Waals surface area contributed by atoms with Crippen LogP contribution in [0.3, 0.4) is 0 Å². The summed E-state index contributed by atoms with van der Waals surface area (Å²) in [6.45, 7) is 2.44. The summed E-state index contributed by atoms with van der Waals surface area (Å²) in [6, 6.07) is 0.256. The predicted molar refractivity (Wildman–Crippen MR) is 47.8 cm³/mol. The first-order valence-corrected chi connectivity index (χ1v) is 6.19. The molecule has 1 aliphatic carbocycles. The Balaban J connectivity index is 2.30. The van der Waals surface area contributed by atoms with Gasteiger partial charge in [-0.15, -0.1) is 0 Å². The molecule has 0 aromatic heterocycles. The predicted octanol–water partition coefficient (Wildman–Crippen LogP) is 0.314. The zero-order chi connectivity index (χ0) is 8.77. The molecule has 3 atom stereocenters. The van der Waals surface area contributed by atoms with Gasteiger partial charge in [0.1, 0.15) is 0 Å². The van der Waals surface area contributed by atoms with Gasteiger partial charge in [0.2, 0.25) is 0 Å². The molecular weight excluding hydrogens is 174 g/mol. The van der Waals surface area contributed by atoms with E-state index in [2.05, 4.69) is 5.32 Å². The second-order valence-electron chi connectivity index (χ2n) is 3.88. The van der Waals surface area contributed by atoms with Gasteiger partial charge >= 0.3 is 0 Å². The fraction of sp³-hybridized carbons (Fsp3) is 1.00. The maximum absolute atomic E-state index is 11.8. The van der Waals surface area contributed by atoms with Crippen molar-refractivity contribution < 1.29 is 8.42 Å². The van der Waals surface area contributed by atoms with Crippen LogP contribution < -0.4 is 5.32 Å². The number of sulfone groups is 1. The zero-order valence-corrected chi connectivity index (χ0v) is 8.10. The summed E-state index contributed by atoms with van der Waals surface area (Å²) in [5.74, 6) is 0. The molecule has 1 aliphatic heterocycles. The summed E-state index contributed by atoms with van der Waals surface area (Å²) in [5.41, 5.74) is 0. The van der Waals surface area contributed by atoms with E-state index in [9.17, 15) is 8.42 Å². The molecule has 0 radical (unpaired) electrons. The number of fused-ring (bicyclic) bond motifs is 1. The van der Waals surface area contributed by atoms with E-state index in [-0.39, 0.29) is 16.5 Å². The molecule has 4 heteroatoms. The number of hydrogen-bond acceptors (Lipinski definition) is 3. The van der Waals surface area contributed by atoms with Gasteiger partial charge in [-0.1, -0.05) is 6.42 Å². The highest BCUT2D eigenvalue weighted by Crippen LogP contribution is 2.30. The Morgan fingerprint density at radius 3 is 2.83 bits per heavy atom. The largest absolute Gasteiger partial charge is 0.311 e. The van der Waals surface area contributed by atoms with E-state index >= 15 is 0 Å². The molecule has 0 aromatic rings. The fourth-order valence-electron chi connectivity index (χ4n) is 2.28. The normalized spacial score (nSPS) is 45.6. The smallest absolute Gasteiger partial charge is 0.158 e. The Morgan fingerprint density at radius 2 is 2.08 bits per heavy atom. The monoisotopic (exact) mass is 189 g/mol. The van der Waals surface area contributed by atoms with Gasteiger partial charge in [0.05, 0.1) is 10.5 Å². The molecule has 70 valence electrons. The Labute approximate surface area is 73.5 Å². The van der Waals surface area contributed by atoms with Crippen molar-refractivity contribution in [3.05, 3.63) is 0 Å². The van der Waals surface area contributed by atoms with Crippen LogP contribution in [0.4, 0.5) is 0 Å². The minimum absolute atomic E-state index is 0.0822. The fourth-order valence-corrected chi connectivity index (χ4v) is 4.40. The van der Waals surface area contributed by atoms with E-state index in [1.165, 1.54) is 0 Å². The van der Waals surface area contributed by atoms with Gasteiger partial charge in [-0.25, -0.2) is 8.42 Å². The van der Waals surface area contributed by atoms with Crippen LogP contribution in [0.2, 0.25) is 0 Å². The van der Waals surface area contributed by atoms with Crippen molar-refractivity contribution in [1.29, 1.82) is 0 Å². The van der Waals surface area contributed by atoms with Crippen LogP contribution in [-0.4, -0.2) is 31.5 Å². The van der Waals surface area contributed by atoms with Gasteiger partial charge in [-0.2, -0.15) is 0 Å². The molecular formula is C8H15NO2S. The van der Waals surface area contributed by atoms with E-state index < -0.39 is 9.84 Å². The van der Waals surface area contributed by atoms with E-state index in [4.69, 9.17) is 0 Å². The SMILES string of the molecule is CC1CNC2CCCC2S1(=O)=O. The van der Waals surface area contributed by atoms with E-state index in [1.807, 2.05) is 0 Å². The van der Waals surface area contributed by atoms with Gasteiger partial charge in [0, 0.05) is 12.6 Å². The Kier molecular flexibility index (Phi) is 1.92. The quantitative estimate of drug-likeness (QED) is 0.596. The standard InChI is InChI=1S/C8H15NO2S/c1-6-5-9-7-3-2-4-8(7)12(6,10)11/h6-9H,2-5H2,1H3. The summed E-state index contributed by atoms with van der Waals surface area (Å²) in [6.07, 6.45) is 2.97. The number of nitrogens with one attached hydrogen (secondary N) is 1. The minimum Gasteiger partial charge on any atom is -0.311 e. The lowest BCUT2D eigenvalue weighted by Crippen LogP contribution is -2.53. The van der Waals surface area contributed by atoms with Crippen LogP contribution in [0.15, 0.2) is 0 Å². The zero-order valence-electron chi connectivity index (χ0n) is 7.29. The average Bonchev–Trinajstić information content (AvgIpc) is 2.46. The summed E-state index contributed by atoms with van der Waals surface area (Å²) < 4.78 is 23.5. The Morgan fingerprint density at radius 1 is 1.33 bits per heavy atom. The van der Waals surface area contributed by atoms with Crippen molar-refractivity contribution in [3.63, 3.8) is 0 Å². The summed E-state index contributed by atoms with van der Waals surface area (Å²) >= 11 is 0. The van der Waals surface area contributed by atoms with Gasteiger partial charge in [0.15, 0.2) is 9.84 Å². The van der Waals surface area contributed by atoms with Gasteiger partial charge in [-0.05, 0) is 19.8 Å². The van der Waals surface area contributed by atoms with Crippen LogP contribution in [0.1, 0.15) is 26.2 Å². The third-order valence-corrected chi connectivity index (χ3v) is 5.80. The summed E-state index contributed by atoms with van der Waals surface area (Å²) in [5, 5.41) is 3.04. The lowest BCUT2D eigenvalue weighted by molar-refractivity contribution is 0.465. The maximum Gasteiger partial charge on any atom is 0.158 e. The van der Waals surface area contributed by atoms with Crippen LogP contribution >= 0.6 is 0 Å². The first-order valence-electron chi connectivity index (χ1n) is 4.58. The summed E-state index contributed by atoms with van der Waals surface area (Å²) in [7, 11) is -2.80. The Hall–Kier alpha value is -0.0900. The highest BCUT2D eigenvalue weighted by Gasteiger charge is 2.43. The second-order valence-corrected chi connectivity index (χ2v) is 6.47. The van der Waals surface area contributed by atoms with Crippen molar-refractivity contribution in [3.8, 4) is 0 Å². The van der Waals surface area contributed by atoms with E-state index in [0.29, 0.717) is 6.54 Å². The molecule has 1 heterocycles. The molecule has 1 N–H and O–H groups in total. The molecule has 0 spiro atoms. The molecule has 0 amide bonds. The first kappa shape index (κ1) is 8.51. The van der Waals surface area contributed by atoms with Crippen LogP contribution in [0.25, 0.3) is 0 Å². The van der Waals surface area contributed by atoms with Crippen molar-refractivity contribution in [2.75, 3.05) is 6.54 Å². The molecule has 1 saturated carbocycles. The third kappa shape index (κ3) is 1.09. The minimum atomic E-state index is -2.80. The molecule has 3 unspecified atom stereocenters. The van der Waals surface area contributed by atoms with E-state index in [1.54, 1.807) is 6.92 Å². The third-order valence-electron chi connectivity index (χ3n) is 3.10. The van der Waals surface area contributed by atoms with Crippen molar-refractivity contribution in [1.82, 2.24) is 5.32 Å². The molecule has 1 saturated heterocycles. The lowest BCUT2D eigenvalue weighted by atomic mass is 10.2. The lowest BCUT2D eigenvalue weighted by Gasteiger charge is -2.31. The van der Waals surface area contributed by atoms with Gasteiger partial charge < -0.3 is 5.32 Å². The van der Waals surface area contributed by atoms with Crippen molar-refractivity contribution in [2.45, 2.75) is 42.7 Å². The highest BCUT2D eigenvalue weighted by molar-refractivity contribution is 7.92. The van der Waals surface area contributed by atoms with Gasteiger partial charge in [0.25, 0.3) is 0 Å². The topological polar surface area (TPSA) is 46.2 Å². The molecule has 2 fully saturated rings. The number of rotatable bonds is 0. The summed E-state index contributed by atoms with van der Waals surface area (Å²) in [4.78, 5) is 0. The molecule has 0 aromatic carbocycles. The molecule has 2 aliphatic rings. The molecule has 0 bridgehead atoms. The Bertz CT molecular complexity index is 273. The molecule has 2 rings (SSSR count). The average molecular weight is 189 g/mol. The maximum atomic E-state index is 11.8. The highest BCUT2D eigenvalue weighted by atomic mass is 32.2. The number of hydrogen-bond donors (Lipinski definition) is 1. The molecule has 3 nitrogen and oxygen atoms in total. The first-order chi connectivity index (χ1) is 5.62. The second kappa shape index (κ2) is 2.70. The van der Waals surface area contributed by atoms with Gasteiger partial charge in [-0.3, -0.25) is 0 Å². The van der Waals surface area contributed by atoms with E-state index in [0.717, 1.165) is 19.3 Å².